The van der Waals surface area contributed by atoms with Crippen LogP contribution in [0.2, 0.25) is 0 Å². The lowest BCUT2D eigenvalue weighted by molar-refractivity contribution is -0.127. The fourth-order valence-electron chi connectivity index (χ4n) is 1.49. The second-order valence-corrected chi connectivity index (χ2v) is 3.19. The fourth-order valence-corrected chi connectivity index (χ4v) is 1.49. The molecular formula is C11H23NO. The van der Waals surface area contributed by atoms with Gasteiger partial charge in [-0.1, -0.05) is 33.6 Å². The number of carbonyl (C=O) groups excluding carboxylic acids is 1. The molecule has 1 aliphatic heterocycles. The van der Waals surface area contributed by atoms with Crippen molar-refractivity contribution in [1.82, 2.24) is 4.90 Å². The van der Waals surface area contributed by atoms with Crippen molar-refractivity contribution >= 4 is 5.91 Å². The van der Waals surface area contributed by atoms with Gasteiger partial charge in [-0.3, -0.25) is 4.79 Å². The molecular weight excluding hydrogens is 162 g/mol. The molecule has 1 amide bonds. The van der Waals surface area contributed by atoms with Crippen molar-refractivity contribution in [3.05, 3.63) is 0 Å². The lowest BCUT2D eigenvalue weighted by Gasteiger charge is -2.14. The zero-order valence-electron chi connectivity index (χ0n) is 9.31. The second-order valence-electron chi connectivity index (χ2n) is 3.19. The Kier molecular flexibility index (Phi) is 7.76. The van der Waals surface area contributed by atoms with Crippen LogP contribution < -0.4 is 0 Å². The smallest absolute Gasteiger partial charge is 0.222 e. The van der Waals surface area contributed by atoms with E-state index in [0.29, 0.717) is 5.91 Å². The molecule has 0 atom stereocenters. The lowest BCUT2D eigenvalue weighted by Crippen LogP contribution is -2.25. The van der Waals surface area contributed by atoms with Gasteiger partial charge in [-0.2, -0.15) is 0 Å². The van der Waals surface area contributed by atoms with Crippen LogP contribution >= 0.6 is 0 Å². The number of likely N-dealkylation sites (tertiary alicyclic amines) is 1. The van der Waals surface area contributed by atoms with Crippen molar-refractivity contribution in [3.63, 3.8) is 0 Å². The van der Waals surface area contributed by atoms with E-state index in [1.807, 2.05) is 18.7 Å². The van der Waals surface area contributed by atoms with Crippen LogP contribution in [0.1, 0.15) is 52.9 Å². The maximum atomic E-state index is 11.1. The summed E-state index contributed by atoms with van der Waals surface area (Å²) in [4.78, 5) is 13.1. The summed E-state index contributed by atoms with van der Waals surface area (Å²) in [6.45, 7) is 8.18. The van der Waals surface area contributed by atoms with E-state index in [1.165, 1.54) is 19.3 Å². The first-order valence-corrected chi connectivity index (χ1v) is 5.62. The summed E-state index contributed by atoms with van der Waals surface area (Å²) in [6.07, 6.45) is 5.53. The monoisotopic (exact) mass is 185 g/mol. The van der Waals surface area contributed by atoms with Gasteiger partial charge in [-0.15, -0.1) is 0 Å². The normalized spacial score (nSPS) is 15.6. The Hall–Kier alpha value is -0.530. The maximum Gasteiger partial charge on any atom is 0.222 e. The predicted molar refractivity (Wildman–Crippen MR) is 56.7 cm³/mol. The Labute approximate surface area is 82.3 Å². The predicted octanol–water partition coefficient (Wildman–Crippen LogP) is 2.83. The van der Waals surface area contributed by atoms with Gasteiger partial charge < -0.3 is 4.90 Å². The second kappa shape index (κ2) is 8.09. The SMILES string of the molecule is CC.CCCCCN1CCCC1=O. The summed E-state index contributed by atoms with van der Waals surface area (Å²) >= 11 is 0. The molecule has 2 heteroatoms. The van der Waals surface area contributed by atoms with Gasteiger partial charge in [0.25, 0.3) is 0 Å². The third-order valence-electron chi connectivity index (χ3n) is 2.20. The van der Waals surface area contributed by atoms with E-state index in [9.17, 15) is 4.79 Å². The van der Waals surface area contributed by atoms with Gasteiger partial charge >= 0.3 is 0 Å². The Bertz CT molecular complexity index is 134. The quantitative estimate of drug-likeness (QED) is 0.617. The summed E-state index contributed by atoms with van der Waals surface area (Å²) in [5, 5.41) is 0. The highest BCUT2D eigenvalue weighted by atomic mass is 16.2. The molecule has 0 spiro atoms. The zero-order valence-corrected chi connectivity index (χ0v) is 9.31. The molecule has 1 heterocycles. The molecule has 0 bridgehead atoms. The summed E-state index contributed by atoms with van der Waals surface area (Å²) in [5.74, 6) is 0.362. The molecule has 0 saturated carbocycles. The number of unbranched alkanes of at least 4 members (excludes halogenated alkanes) is 2. The standard InChI is InChI=1S/C9H17NO.C2H6/c1-2-3-4-7-10-8-5-6-9(10)11;1-2/h2-8H2,1H3;1-2H3. The number of rotatable bonds is 4. The van der Waals surface area contributed by atoms with Crippen LogP contribution in [-0.2, 0) is 4.79 Å². The summed E-state index contributed by atoms with van der Waals surface area (Å²) in [6, 6.07) is 0. The van der Waals surface area contributed by atoms with Gasteiger partial charge in [-0.25, -0.2) is 0 Å². The molecule has 0 aromatic rings. The van der Waals surface area contributed by atoms with Gasteiger partial charge in [0.05, 0.1) is 0 Å². The first-order chi connectivity index (χ1) is 6.34. The molecule has 1 aliphatic rings. The molecule has 13 heavy (non-hydrogen) atoms. The van der Waals surface area contributed by atoms with Crippen LogP contribution in [0.25, 0.3) is 0 Å². The van der Waals surface area contributed by atoms with Crippen LogP contribution in [-0.4, -0.2) is 23.9 Å². The molecule has 1 fully saturated rings. The first-order valence-electron chi connectivity index (χ1n) is 5.62. The number of nitrogens with zero attached hydrogens (tertiary/aromatic N) is 1. The van der Waals surface area contributed by atoms with E-state index in [0.717, 1.165) is 25.9 Å². The third kappa shape index (κ3) is 4.91. The van der Waals surface area contributed by atoms with Gasteiger partial charge in [0.2, 0.25) is 5.91 Å². The van der Waals surface area contributed by atoms with Gasteiger partial charge in [0, 0.05) is 19.5 Å². The third-order valence-corrected chi connectivity index (χ3v) is 2.20. The first kappa shape index (κ1) is 12.5. The molecule has 0 aromatic carbocycles. The van der Waals surface area contributed by atoms with Crippen LogP contribution in [0.5, 0.6) is 0 Å². The molecule has 0 N–H and O–H groups in total. The van der Waals surface area contributed by atoms with E-state index in [-0.39, 0.29) is 0 Å². The minimum atomic E-state index is 0.362. The van der Waals surface area contributed by atoms with Gasteiger partial charge in [-0.05, 0) is 12.8 Å². The number of carbonyl (C=O) groups is 1. The Morgan fingerprint density at radius 2 is 2.00 bits per heavy atom. The molecule has 1 rings (SSSR count). The van der Waals surface area contributed by atoms with Gasteiger partial charge in [0.1, 0.15) is 0 Å². The van der Waals surface area contributed by atoms with Crippen LogP contribution in [0.3, 0.4) is 0 Å². The highest BCUT2D eigenvalue weighted by Crippen LogP contribution is 2.10. The molecule has 1 saturated heterocycles. The molecule has 2 nitrogen and oxygen atoms in total. The van der Waals surface area contributed by atoms with Crippen molar-refractivity contribution in [2.24, 2.45) is 0 Å². The highest BCUT2D eigenvalue weighted by molar-refractivity contribution is 5.77. The van der Waals surface area contributed by atoms with E-state index < -0.39 is 0 Å². The Morgan fingerprint density at radius 1 is 1.31 bits per heavy atom. The topological polar surface area (TPSA) is 20.3 Å². The maximum absolute atomic E-state index is 11.1. The highest BCUT2D eigenvalue weighted by Gasteiger charge is 2.18. The minimum absolute atomic E-state index is 0.362. The van der Waals surface area contributed by atoms with Crippen molar-refractivity contribution in [3.8, 4) is 0 Å². The van der Waals surface area contributed by atoms with Crippen LogP contribution in [0, 0.1) is 0 Å². The summed E-state index contributed by atoms with van der Waals surface area (Å²) in [5.41, 5.74) is 0. The van der Waals surface area contributed by atoms with Crippen molar-refractivity contribution < 1.29 is 4.79 Å². The van der Waals surface area contributed by atoms with Crippen molar-refractivity contribution in [1.29, 1.82) is 0 Å². The van der Waals surface area contributed by atoms with E-state index in [4.69, 9.17) is 0 Å². The molecule has 0 aromatic heterocycles. The van der Waals surface area contributed by atoms with Crippen LogP contribution in [0.4, 0.5) is 0 Å². The minimum Gasteiger partial charge on any atom is -0.343 e. The molecule has 0 unspecified atom stereocenters. The number of hydrogen-bond acceptors (Lipinski definition) is 1. The molecule has 0 radical (unpaired) electrons. The van der Waals surface area contributed by atoms with Crippen molar-refractivity contribution in [2.75, 3.05) is 13.1 Å². The Morgan fingerprint density at radius 3 is 2.46 bits per heavy atom. The number of hydrogen-bond donors (Lipinski definition) is 0. The number of amides is 1. The Balaban J connectivity index is 0.000000671. The van der Waals surface area contributed by atoms with Crippen molar-refractivity contribution in [2.45, 2.75) is 52.9 Å². The molecule has 0 aliphatic carbocycles. The summed E-state index contributed by atoms with van der Waals surface area (Å²) < 4.78 is 0. The van der Waals surface area contributed by atoms with E-state index >= 15 is 0 Å². The largest absolute Gasteiger partial charge is 0.343 e. The van der Waals surface area contributed by atoms with E-state index in [2.05, 4.69) is 6.92 Å². The van der Waals surface area contributed by atoms with E-state index in [1.54, 1.807) is 0 Å². The van der Waals surface area contributed by atoms with Crippen LogP contribution in [0.15, 0.2) is 0 Å². The zero-order chi connectivity index (χ0) is 10.1. The lowest BCUT2D eigenvalue weighted by atomic mass is 10.2. The molecule has 78 valence electrons. The van der Waals surface area contributed by atoms with Gasteiger partial charge in [0.15, 0.2) is 0 Å². The fraction of sp³-hybridized carbons (Fsp3) is 0.909. The average molecular weight is 185 g/mol. The summed E-state index contributed by atoms with van der Waals surface area (Å²) in [7, 11) is 0. The average Bonchev–Trinajstić information content (AvgIpc) is 2.56.